The third kappa shape index (κ3) is 3.43. The Kier molecular flexibility index (Phi) is 3.74. The van der Waals surface area contributed by atoms with Crippen molar-refractivity contribution in [1.82, 2.24) is 9.88 Å². The number of nitrogens with one attached hydrogen (secondary N) is 1. The van der Waals surface area contributed by atoms with Crippen molar-refractivity contribution in [2.24, 2.45) is 0 Å². The summed E-state index contributed by atoms with van der Waals surface area (Å²) in [7, 11) is -3.73. The fourth-order valence-electron chi connectivity index (χ4n) is 2.32. The highest BCUT2D eigenvalue weighted by atomic mass is 32.2. The van der Waals surface area contributed by atoms with E-state index in [1.165, 1.54) is 6.07 Å². The zero-order valence-electron chi connectivity index (χ0n) is 13.2. The third-order valence-electron chi connectivity index (χ3n) is 3.24. The Labute approximate surface area is 135 Å². The number of fused-ring (bicyclic) bond motifs is 1. The average Bonchev–Trinajstić information content (AvgIpc) is 2.95. The summed E-state index contributed by atoms with van der Waals surface area (Å²) < 4.78 is 32.1. The number of nitrogens with zero attached hydrogens (tertiary/aromatic N) is 1. The van der Waals surface area contributed by atoms with Gasteiger partial charge in [-0.15, -0.1) is 0 Å². The van der Waals surface area contributed by atoms with Crippen LogP contribution in [0, 0.1) is 0 Å². The first-order valence-corrected chi connectivity index (χ1v) is 8.73. The number of rotatable bonds is 3. The second-order valence-electron chi connectivity index (χ2n) is 6.45. The highest BCUT2D eigenvalue weighted by molar-refractivity contribution is 7.89. The summed E-state index contributed by atoms with van der Waals surface area (Å²) in [6.07, 6.45) is 0. The van der Waals surface area contributed by atoms with E-state index in [-0.39, 0.29) is 5.09 Å². The van der Waals surface area contributed by atoms with Crippen LogP contribution in [0.15, 0.2) is 58.1 Å². The molecular weight excluding hydrogens is 312 g/mol. The fraction of sp³-hybridized carbons (Fsp3) is 0.235. The van der Waals surface area contributed by atoms with Crippen molar-refractivity contribution in [3.05, 3.63) is 48.5 Å². The zero-order chi connectivity index (χ0) is 16.7. The Morgan fingerprint density at radius 2 is 1.70 bits per heavy atom. The Morgan fingerprint density at radius 1 is 1.00 bits per heavy atom. The summed E-state index contributed by atoms with van der Waals surface area (Å²) in [4.78, 5) is 0. The highest BCUT2D eigenvalue weighted by Crippen LogP contribution is 2.25. The van der Waals surface area contributed by atoms with E-state index in [2.05, 4.69) is 9.88 Å². The fourth-order valence-corrected chi connectivity index (χ4v) is 3.63. The van der Waals surface area contributed by atoms with Gasteiger partial charge in [-0.25, -0.2) is 13.1 Å². The molecule has 0 aliphatic carbocycles. The molecule has 1 aromatic heterocycles. The van der Waals surface area contributed by atoms with E-state index in [1.54, 1.807) is 20.8 Å². The molecule has 0 bridgehead atoms. The first kappa shape index (κ1) is 15.7. The molecule has 2 aromatic carbocycles. The van der Waals surface area contributed by atoms with Gasteiger partial charge in [0.15, 0.2) is 0 Å². The molecule has 0 saturated carbocycles. The van der Waals surface area contributed by atoms with Crippen molar-refractivity contribution in [3.63, 3.8) is 0 Å². The van der Waals surface area contributed by atoms with E-state index in [1.807, 2.05) is 42.5 Å². The van der Waals surface area contributed by atoms with E-state index >= 15 is 0 Å². The van der Waals surface area contributed by atoms with Gasteiger partial charge in [0.1, 0.15) is 5.69 Å². The van der Waals surface area contributed by atoms with Gasteiger partial charge < -0.3 is 4.52 Å². The van der Waals surface area contributed by atoms with Crippen LogP contribution in [-0.4, -0.2) is 19.1 Å². The molecule has 0 radical (unpaired) electrons. The first-order valence-electron chi connectivity index (χ1n) is 7.24. The molecule has 5 nitrogen and oxygen atoms in total. The van der Waals surface area contributed by atoms with E-state index in [4.69, 9.17) is 4.52 Å². The lowest BCUT2D eigenvalue weighted by Gasteiger charge is -2.18. The predicted molar refractivity (Wildman–Crippen MR) is 89.5 cm³/mol. The van der Waals surface area contributed by atoms with E-state index in [9.17, 15) is 8.42 Å². The molecule has 3 aromatic rings. The quantitative estimate of drug-likeness (QED) is 0.797. The number of aromatic nitrogens is 1. The topological polar surface area (TPSA) is 72.2 Å². The number of sulfonamides is 1. The van der Waals surface area contributed by atoms with Crippen LogP contribution in [0.5, 0.6) is 0 Å². The van der Waals surface area contributed by atoms with Crippen LogP contribution in [0.25, 0.3) is 22.0 Å². The van der Waals surface area contributed by atoms with Gasteiger partial charge in [-0.05, 0) is 37.6 Å². The lowest BCUT2D eigenvalue weighted by atomic mass is 10.1. The SMILES string of the molecule is CC(C)(C)NS(=O)(=O)c1cc(-c2ccc3ccccc3c2)no1. The third-order valence-corrected chi connectivity index (χ3v) is 4.84. The normalized spacial score (nSPS) is 12.7. The van der Waals surface area contributed by atoms with Crippen molar-refractivity contribution in [2.75, 3.05) is 0 Å². The molecule has 23 heavy (non-hydrogen) atoms. The maximum Gasteiger partial charge on any atom is 0.277 e. The maximum atomic E-state index is 12.3. The predicted octanol–water partition coefficient (Wildman–Crippen LogP) is 3.57. The molecule has 120 valence electrons. The molecule has 0 aliphatic rings. The maximum absolute atomic E-state index is 12.3. The van der Waals surface area contributed by atoms with Gasteiger partial charge in [-0.2, -0.15) is 0 Å². The van der Waals surface area contributed by atoms with E-state index < -0.39 is 15.6 Å². The van der Waals surface area contributed by atoms with Gasteiger partial charge in [-0.3, -0.25) is 0 Å². The van der Waals surface area contributed by atoms with Crippen LogP contribution in [0.1, 0.15) is 20.8 Å². The summed E-state index contributed by atoms with van der Waals surface area (Å²) in [6, 6.07) is 15.2. The van der Waals surface area contributed by atoms with Gasteiger partial charge >= 0.3 is 0 Å². The lowest BCUT2D eigenvalue weighted by molar-refractivity contribution is 0.335. The molecule has 3 rings (SSSR count). The Bertz CT molecular complexity index is 953. The number of hydrogen-bond donors (Lipinski definition) is 1. The molecule has 0 aliphatic heterocycles. The van der Waals surface area contributed by atoms with Crippen LogP contribution in [0.4, 0.5) is 0 Å². The molecule has 0 unspecified atom stereocenters. The highest BCUT2D eigenvalue weighted by Gasteiger charge is 2.26. The molecule has 1 N–H and O–H groups in total. The molecule has 0 amide bonds. The summed E-state index contributed by atoms with van der Waals surface area (Å²) >= 11 is 0. The summed E-state index contributed by atoms with van der Waals surface area (Å²) in [6.45, 7) is 5.31. The van der Waals surface area contributed by atoms with Gasteiger partial charge in [0.05, 0.1) is 0 Å². The summed E-state index contributed by atoms with van der Waals surface area (Å²) in [5.41, 5.74) is 0.712. The van der Waals surface area contributed by atoms with Gasteiger partial charge in [-0.1, -0.05) is 41.6 Å². The summed E-state index contributed by atoms with van der Waals surface area (Å²) in [5.74, 6) is 0. The summed E-state index contributed by atoms with van der Waals surface area (Å²) in [5, 5.41) is 5.88. The van der Waals surface area contributed by atoms with Crippen molar-refractivity contribution in [2.45, 2.75) is 31.4 Å². The molecule has 0 spiro atoms. The van der Waals surface area contributed by atoms with Crippen LogP contribution < -0.4 is 4.72 Å². The minimum atomic E-state index is -3.73. The molecule has 1 heterocycles. The lowest BCUT2D eigenvalue weighted by Crippen LogP contribution is -2.40. The number of hydrogen-bond acceptors (Lipinski definition) is 4. The Hall–Kier alpha value is -2.18. The van der Waals surface area contributed by atoms with Crippen molar-refractivity contribution < 1.29 is 12.9 Å². The van der Waals surface area contributed by atoms with Crippen molar-refractivity contribution in [3.8, 4) is 11.3 Å². The molecular formula is C17H18N2O3S. The van der Waals surface area contributed by atoms with Crippen LogP contribution in [0.2, 0.25) is 0 Å². The molecule has 0 fully saturated rings. The van der Waals surface area contributed by atoms with Gasteiger partial charge in [0, 0.05) is 17.2 Å². The minimum Gasteiger partial charge on any atom is -0.343 e. The molecule has 0 atom stereocenters. The first-order chi connectivity index (χ1) is 10.7. The standard InChI is InChI=1S/C17H18N2O3S/c1-17(2,3)19-23(20,21)16-11-15(18-22-16)14-9-8-12-6-4-5-7-13(12)10-14/h4-11,19H,1-3H3. The average molecular weight is 330 g/mol. The van der Waals surface area contributed by atoms with E-state index in [0.29, 0.717) is 5.69 Å². The second-order valence-corrected chi connectivity index (χ2v) is 8.06. The Morgan fingerprint density at radius 3 is 2.39 bits per heavy atom. The second kappa shape index (κ2) is 5.47. The zero-order valence-corrected chi connectivity index (χ0v) is 14.0. The smallest absolute Gasteiger partial charge is 0.277 e. The Balaban J connectivity index is 1.97. The van der Waals surface area contributed by atoms with E-state index in [0.717, 1.165) is 16.3 Å². The van der Waals surface area contributed by atoms with Gasteiger partial charge in [0.25, 0.3) is 15.1 Å². The van der Waals surface area contributed by atoms with Crippen LogP contribution >= 0.6 is 0 Å². The molecule has 0 saturated heterocycles. The van der Waals surface area contributed by atoms with Crippen LogP contribution in [-0.2, 0) is 10.0 Å². The monoisotopic (exact) mass is 330 g/mol. The van der Waals surface area contributed by atoms with Crippen molar-refractivity contribution >= 4 is 20.8 Å². The minimum absolute atomic E-state index is 0.185. The van der Waals surface area contributed by atoms with Crippen LogP contribution in [0.3, 0.4) is 0 Å². The number of benzene rings is 2. The molecule has 6 heteroatoms. The van der Waals surface area contributed by atoms with Gasteiger partial charge in [0.2, 0.25) is 0 Å². The van der Waals surface area contributed by atoms with Crippen molar-refractivity contribution in [1.29, 1.82) is 0 Å². The largest absolute Gasteiger partial charge is 0.343 e.